The molecule has 0 aliphatic heterocycles. The van der Waals surface area contributed by atoms with Gasteiger partial charge in [0.1, 0.15) is 0 Å². The maximum absolute atomic E-state index is 11.7. The van der Waals surface area contributed by atoms with E-state index in [2.05, 4.69) is 5.32 Å². The van der Waals surface area contributed by atoms with Crippen LogP contribution in [0.15, 0.2) is 30.3 Å². The van der Waals surface area contributed by atoms with Gasteiger partial charge in [0.05, 0.1) is 13.0 Å². The Kier molecular flexibility index (Phi) is 4.02. The largest absolute Gasteiger partial charge is 0.469 e. The van der Waals surface area contributed by atoms with Gasteiger partial charge in [0.2, 0.25) is 0 Å². The summed E-state index contributed by atoms with van der Waals surface area (Å²) in [5, 5.41) is 3.45. The van der Waals surface area contributed by atoms with Crippen molar-refractivity contribution in [1.29, 1.82) is 0 Å². The molecule has 1 aliphatic carbocycles. The Morgan fingerprint density at radius 3 is 2.65 bits per heavy atom. The van der Waals surface area contributed by atoms with E-state index in [1.165, 1.54) is 13.5 Å². The number of nitrogens with one attached hydrogen (secondary N) is 1. The monoisotopic (exact) mass is 233 g/mol. The second-order valence-electron chi connectivity index (χ2n) is 4.53. The van der Waals surface area contributed by atoms with Crippen LogP contribution in [0.2, 0.25) is 0 Å². The van der Waals surface area contributed by atoms with Gasteiger partial charge >= 0.3 is 5.97 Å². The van der Waals surface area contributed by atoms with Gasteiger partial charge in [0, 0.05) is 11.7 Å². The molecular weight excluding hydrogens is 214 g/mol. The number of carbonyl (C=O) groups is 1. The lowest BCUT2D eigenvalue weighted by Crippen LogP contribution is -2.37. The Morgan fingerprint density at radius 2 is 1.94 bits per heavy atom. The van der Waals surface area contributed by atoms with Crippen molar-refractivity contribution in [3.8, 4) is 0 Å². The van der Waals surface area contributed by atoms with Gasteiger partial charge in [0.25, 0.3) is 0 Å². The lowest BCUT2D eigenvalue weighted by atomic mass is 9.84. The van der Waals surface area contributed by atoms with Crippen molar-refractivity contribution in [2.24, 2.45) is 5.92 Å². The van der Waals surface area contributed by atoms with Gasteiger partial charge in [-0.05, 0) is 25.0 Å². The minimum absolute atomic E-state index is 0.00560. The van der Waals surface area contributed by atoms with Gasteiger partial charge in [-0.3, -0.25) is 4.79 Å². The molecule has 0 aromatic heterocycles. The summed E-state index contributed by atoms with van der Waals surface area (Å²) < 4.78 is 4.88. The summed E-state index contributed by atoms with van der Waals surface area (Å²) in [4.78, 5) is 11.7. The van der Waals surface area contributed by atoms with Crippen molar-refractivity contribution < 1.29 is 9.53 Å². The fourth-order valence-corrected chi connectivity index (χ4v) is 2.49. The molecular formula is C14H19NO2. The highest BCUT2D eigenvalue weighted by Gasteiger charge is 2.31. The topological polar surface area (TPSA) is 38.3 Å². The summed E-state index contributed by atoms with van der Waals surface area (Å²) in [5.74, 6) is -0.0907. The molecule has 0 bridgehead atoms. The van der Waals surface area contributed by atoms with Gasteiger partial charge < -0.3 is 10.1 Å². The van der Waals surface area contributed by atoms with Crippen molar-refractivity contribution in [2.75, 3.05) is 12.4 Å². The summed E-state index contributed by atoms with van der Waals surface area (Å²) in [6.07, 6.45) is 4.26. The Morgan fingerprint density at radius 1 is 1.24 bits per heavy atom. The van der Waals surface area contributed by atoms with E-state index in [9.17, 15) is 4.79 Å². The zero-order valence-corrected chi connectivity index (χ0v) is 10.2. The number of rotatable bonds is 3. The van der Waals surface area contributed by atoms with Crippen LogP contribution in [0.4, 0.5) is 5.69 Å². The second kappa shape index (κ2) is 5.71. The molecule has 2 atom stereocenters. The van der Waals surface area contributed by atoms with E-state index in [-0.39, 0.29) is 17.9 Å². The molecule has 0 unspecified atom stereocenters. The lowest BCUT2D eigenvalue weighted by molar-refractivity contribution is -0.146. The van der Waals surface area contributed by atoms with E-state index in [1.807, 2.05) is 30.3 Å². The standard InChI is InChI=1S/C14H19NO2/c1-17-14(16)12-9-5-6-10-13(12)15-11-7-3-2-4-8-11/h2-4,7-8,12-13,15H,5-6,9-10H2,1H3/t12-,13+/m1/s1. The average Bonchev–Trinajstić information content (AvgIpc) is 2.40. The lowest BCUT2D eigenvalue weighted by Gasteiger charge is -2.30. The number of ether oxygens (including phenoxy) is 1. The molecule has 1 fully saturated rings. The summed E-state index contributed by atoms with van der Waals surface area (Å²) in [7, 11) is 1.47. The molecule has 1 N–H and O–H groups in total. The Bertz CT molecular complexity index is 364. The number of benzene rings is 1. The van der Waals surface area contributed by atoms with Crippen molar-refractivity contribution >= 4 is 11.7 Å². The molecule has 1 saturated carbocycles. The van der Waals surface area contributed by atoms with Gasteiger partial charge in [-0.25, -0.2) is 0 Å². The molecule has 3 nitrogen and oxygen atoms in total. The number of anilines is 1. The molecule has 0 amide bonds. The van der Waals surface area contributed by atoms with Crippen molar-refractivity contribution in [3.05, 3.63) is 30.3 Å². The average molecular weight is 233 g/mol. The van der Waals surface area contributed by atoms with Gasteiger partial charge in [0.15, 0.2) is 0 Å². The zero-order chi connectivity index (χ0) is 12.1. The minimum atomic E-state index is -0.0851. The van der Waals surface area contributed by atoms with Crippen LogP contribution < -0.4 is 5.32 Å². The van der Waals surface area contributed by atoms with Crippen LogP contribution in [-0.4, -0.2) is 19.1 Å². The molecule has 2 rings (SSSR count). The highest BCUT2D eigenvalue weighted by Crippen LogP contribution is 2.28. The molecule has 0 saturated heterocycles. The first kappa shape index (κ1) is 12.0. The third kappa shape index (κ3) is 2.99. The van der Waals surface area contributed by atoms with Gasteiger partial charge in [-0.15, -0.1) is 0 Å². The van der Waals surface area contributed by atoms with E-state index >= 15 is 0 Å². The van der Waals surface area contributed by atoms with E-state index in [4.69, 9.17) is 4.74 Å². The Labute approximate surface area is 102 Å². The van der Waals surface area contributed by atoms with Gasteiger partial charge in [-0.2, -0.15) is 0 Å². The fraction of sp³-hybridized carbons (Fsp3) is 0.500. The third-order valence-electron chi connectivity index (χ3n) is 3.40. The normalized spacial score (nSPS) is 24.1. The quantitative estimate of drug-likeness (QED) is 0.816. The summed E-state index contributed by atoms with van der Waals surface area (Å²) in [6, 6.07) is 10.3. The van der Waals surface area contributed by atoms with Crippen LogP contribution in [0.3, 0.4) is 0 Å². The van der Waals surface area contributed by atoms with Crippen LogP contribution in [0.25, 0.3) is 0 Å². The molecule has 1 aromatic carbocycles. The molecule has 1 aromatic rings. The van der Waals surface area contributed by atoms with Crippen molar-refractivity contribution in [2.45, 2.75) is 31.7 Å². The van der Waals surface area contributed by atoms with E-state index in [0.29, 0.717) is 0 Å². The molecule has 1 aliphatic rings. The zero-order valence-electron chi connectivity index (χ0n) is 10.2. The van der Waals surface area contributed by atoms with Crippen LogP contribution in [-0.2, 0) is 9.53 Å². The Hall–Kier alpha value is -1.51. The summed E-state index contributed by atoms with van der Waals surface area (Å²) >= 11 is 0. The summed E-state index contributed by atoms with van der Waals surface area (Å²) in [6.45, 7) is 0. The number of hydrogen-bond donors (Lipinski definition) is 1. The summed E-state index contributed by atoms with van der Waals surface area (Å²) in [5.41, 5.74) is 1.08. The molecule has 3 heteroatoms. The number of para-hydroxylation sites is 1. The van der Waals surface area contributed by atoms with Crippen LogP contribution >= 0.6 is 0 Å². The predicted molar refractivity (Wildman–Crippen MR) is 67.8 cm³/mol. The number of hydrogen-bond acceptors (Lipinski definition) is 3. The van der Waals surface area contributed by atoms with E-state index in [0.717, 1.165) is 24.9 Å². The molecule has 17 heavy (non-hydrogen) atoms. The molecule has 92 valence electrons. The fourth-order valence-electron chi connectivity index (χ4n) is 2.49. The first-order chi connectivity index (χ1) is 8.31. The van der Waals surface area contributed by atoms with E-state index < -0.39 is 0 Å². The molecule has 0 radical (unpaired) electrons. The highest BCUT2D eigenvalue weighted by molar-refractivity contribution is 5.74. The molecule has 0 spiro atoms. The van der Waals surface area contributed by atoms with Crippen molar-refractivity contribution in [1.82, 2.24) is 0 Å². The first-order valence-electron chi connectivity index (χ1n) is 6.20. The molecule has 0 heterocycles. The third-order valence-corrected chi connectivity index (χ3v) is 3.40. The maximum atomic E-state index is 11.7. The smallest absolute Gasteiger partial charge is 0.310 e. The number of carbonyl (C=O) groups excluding carboxylic acids is 1. The Balaban J connectivity index is 2.04. The van der Waals surface area contributed by atoms with Crippen molar-refractivity contribution in [3.63, 3.8) is 0 Å². The van der Waals surface area contributed by atoms with E-state index in [1.54, 1.807) is 0 Å². The highest BCUT2D eigenvalue weighted by atomic mass is 16.5. The minimum Gasteiger partial charge on any atom is -0.469 e. The second-order valence-corrected chi connectivity index (χ2v) is 4.53. The predicted octanol–water partition coefficient (Wildman–Crippen LogP) is 2.83. The number of methoxy groups -OCH3 is 1. The SMILES string of the molecule is COC(=O)[C@@H]1CCCC[C@@H]1Nc1ccccc1. The first-order valence-corrected chi connectivity index (χ1v) is 6.20. The number of esters is 1. The maximum Gasteiger partial charge on any atom is 0.310 e. The van der Waals surface area contributed by atoms with Crippen LogP contribution in [0, 0.1) is 5.92 Å². The van der Waals surface area contributed by atoms with Gasteiger partial charge in [-0.1, -0.05) is 31.0 Å². The van der Waals surface area contributed by atoms with Crippen LogP contribution in [0.5, 0.6) is 0 Å². The van der Waals surface area contributed by atoms with Crippen LogP contribution in [0.1, 0.15) is 25.7 Å².